The van der Waals surface area contributed by atoms with Gasteiger partial charge in [0.15, 0.2) is 0 Å². The summed E-state index contributed by atoms with van der Waals surface area (Å²) in [5, 5.41) is 4.24. The van der Waals surface area contributed by atoms with Crippen molar-refractivity contribution >= 4 is 16.6 Å². The summed E-state index contributed by atoms with van der Waals surface area (Å²) in [7, 11) is 0. The van der Waals surface area contributed by atoms with E-state index in [1.807, 2.05) is 26.8 Å². The van der Waals surface area contributed by atoms with Crippen LogP contribution in [0.2, 0.25) is 0 Å². The molecule has 0 bridgehead atoms. The molecule has 1 saturated heterocycles. The number of hydrogen-bond donors (Lipinski definition) is 1. The quantitative estimate of drug-likeness (QED) is 0.839. The first-order chi connectivity index (χ1) is 12.4. The van der Waals surface area contributed by atoms with Gasteiger partial charge in [0.05, 0.1) is 23.1 Å². The van der Waals surface area contributed by atoms with Crippen molar-refractivity contribution in [1.29, 1.82) is 0 Å². The maximum atomic E-state index is 12.4. The van der Waals surface area contributed by atoms with Gasteiger partial charge in [-0.3, -0.25) is 9.78 Å². The van der Waals surface area contributed by atoms with E-state index in [2.05, 4.69) is 20.0 Å². The molecule has 1 spiro atoms. The third-order valence-electron chi connectivity index (χ3n) is 6.27. The van der Waals surface area contributed by atoms with E-state index in [9.17, 15) is 9.70 Å². The second kappa shape index (κ2) is 6.18. The summed E-state index contributed by atoms with van der Waals surface area (Å²) in [5.74, 6) is 0.0782. The van der Waals surface area contributed by atoms with Crippen LogP contribution in [0.25, 0.3) is 10.9 Å². The predicted octanol–water partition coefficient (Wildman–Crippen LogP) is 4.08. The van der Waals surface area contributed by atoms with Gasteiger partial charge in [0.25, 0.3) is 5.56 Å². The van der Waals surface area contributed by atoms with Gasteiger partial charge in [-0.05, 0) is 50.0 Å². The largest absolute Gasteiger partial charge is 0.371 e. The molecule has 0 radical (unpaired) electrons. The second-order valence-electron chi connectivity index (χ2n) is 8.36. The van der Waals surface area contributed by atoms with Crippen LogP contribution in [0, 0.1) is 23.2 Å². The fraction of sp³-hybridized carbons (Fsp3) is 0.600. The SMILES string of the molecule is Cc1c(N2CCC3(CC2)CC3)c2cc(C(N=O)C(C)C)ncc2[nH]c1=O. The Kier molecular flexibility index (Phi) is 4.09. The van der Waals surface area contributed by atoms with Gasteiger partial charge in [0.1, 0.15) is 6.04 Å². The number of rotatable bonds is 4. The first kappa shape index (κ1) is 17.2. The van der Waals surface area contributed by atoms with E-state index in [-0.39, 0.29) is 11.5 Å². The van der Waals surface area contributed by atoms with Crippen molar-refractivity contribution in [3.8, 4) is 0 Å². The standard InChI is InChI=1S/C20H26N4O2/c1-12(2)17(23-26)15-10-14-16(11-21-15)22-19(25)13(3)18(14)24-8-6-20(4-5-20)7-9-24/h10-12,17H,4-9H2,1-3H3,(H,22,25). The number of aromatic amines is 1. The van der Waals surface area contributed by atoms with Crippen LogP contribution in [0.1, 0.15) is 56.8 Å². The van der Waals surface area contributed by atoms with Crippen LogP contribution in [-0.2, 0) is 0 Å². The van der Waals surface area contributed by atoms with E-state index in [1.54, 1.807) is 6.20 Å². The van der Waals surface area contributed by atoms with E-state index in [1.165, 1.54) is 25.7 Å². The Balaban J connectivity index is 1.82. The minimum atomic E-state index is -0.476. The number of pyridine rings is 2. The van der Waals surface area contributed by atoms with E-state index in [0.717, 1.165) is 35.2 Å². The van der Waals surface area contributed by atoms with Gasteiger partial charge in [-0.25, -0.2) is 0 Å². The molecular weight excluding hydrogens is 328 g/mol. The number of nitrogens with one attached hydrogen (secondary N) is 1. The Morgan fingerprint density at radius 3 is 2.50 bits per heavy atom. The molecule has 0 amide bonds. The minimum absolute atomic E-state index is 0.0670. The van der Waals surface area contributed by atoms with Gasteiger partial charge in [-0.15, -0.1) is 0 Å². The molecule has 2 fully saturated rings. The average molecular weight is 354 g/mol. The molecular formula is C20H26N4O2. The molecule has 26 heavy (non-hydrogen) atoms. The van der Waals surface area contributed by atoms with Gasteiger partial charge in [0.2, 0.25) is 0 Å². The van der Waals surface area contributed by atoms with E-state index < -0.39 is 6.04 Å². The zero-order chi connectivity index (χ0) is 18.5. The van der Waals surface area contributed by atoms with Crippen molar-refractivity contribution in [2.24, 2.45) is 16.5 Å². The zero-order valence-electron chi connectivity index (χ0n) is 15.7. The maximum Gasteiger partial charge on any atom is 0.253 e. The number of hydrogen-bond acceptors (Lipinski definition) is 5. The Hall–Kier alpha value is -2.24. The Labute approximate surface area is 153 Å². The normalized spacial score (nSPS) is 19.9. The number of aromatic nitrogens is 2. The lowest BCUT2D eigenvalue weighted by Crippen LogP contribution is -2.36. The Bertz CT molecular complexity index is 904. The highest BCUT2D eigenvalue weighted by Crippen LogP contribution is 2.54. The highest BCUT2D eigenvalue weighted by atomic mass is 16.3. The first-order valence-corrected chi connectivity index (χ1v) is 9.54. The highest BCUT2D eigenvalue weighted by Gasteiger charge is 2.44. The molecule has 1 atom stereocenters. The van der Waals surface area contributed by atoms with Crippen LogP contribution in [0.5, 0.6) is 0 Å². The molecule has 4 rings (SSSR count). The monoisotopic (exact) mass is 354 g/mol. The maximum absolute atomic E-state index is 12.4. The Morgan fingerprint density at radius 2 is 1.92 bits per heavy atom. The lowest BCUT2D eigenvalue weighted by molar-refractivity contribution is 0.384. The molecule has 2 aromatic rings. The number of anilines is 1. The van der Waals surface area contributed by atoms with Crippen LogP contribution < -0.4 is 10.5 Å². The molecule has 1 N–H and O–H groups in total. The molecule has 6 nitrogen and oxygen atoms in total. The summed E-state index contributed by atoms with van der Waals surface area (Å²) in [6.07, 6.45) is 6.77. The van der Waals surface area contributed by atoms with Gasteiger partial charge in [-0.1, -0.05) is 19.0 Å². The third kappa shape index (κ3) is 2.81. The third-order valence-corrected chi connectivity index (χ3v) is 6.27. The molecule has 6 heteroatoms. The molecule has 2 aromatic heterocycles. The highest BCUT2D eigenvalue weighted by molar-refractivity contribution is 5.93. The lowest BCUT2D eigenvalue weighted by Gasteiger charge is -2.35. The summed E-state index contributed by atoms with van der Waals surface area (Å²) in [6, 6.07) is 1.47. The minimum Gasteiger partial charge on any atom is -0.371 e. The smallest absolute Gasteiger partial charge is 0.253 e. The van der Waals surface area contributed by atoms with Gasteiger partial charge >= 0.3 is 0 Å². The summed E-state index contributed by atoms with van der Waals surface area (Å²) < 4.78 is 0. The molecule has 1 aliphatic heterocycles. The summed E-state index contributed by atoms with van der Waals surface area (Å²) in [4.78, 5) is 33.4. The van der Waals surface area contributed by atoms with E-state index in [4.69, 9.17) is 0 Å². The van der Waals surface area contributed by atoms with Crippen LogP contribution in [0.4, 0.5) is 5.69 Å². The molecule has 1 saturated carbocycles. The topological polar surface area (TPSA) is 78.4 Å². The van der Waals surface area contributed by atoms with Crippen molar-refractivity contribution < 1.29 is 0 Å². The van der Waals surface area contributed by atoms with Crippen LogP contribution in [0.15, 0.2) is 22.2 Å². The summed E-state index contributed by atoms with van der Waals surface area (Å²) in [6.45, 7) is 7.79. The van der Waals surface area contributed by atoms with Crippen molar-refractivity contribution in [2.45, 2.75) is 52.5 Å². The van der Waals surface area contributed by atoms with Gasteiger partial charge in [0, 0.05) is 24.0 Å². The van der Waals surface area contributed by atoms with Crippen molar-refractivity contribution in [2.75, 3.05) is 18.0 Å². The van der Waals surface area contributed by atoms with Crippen LogP contribution >= 0.6 is 0 Å². The van der Waals surface area contributed by atoms with Crippen molar-refractivity contribution in [1.82, 2.24) is 9.97 Å². The predicted molar refractivity (Wildman–Crippen MR) is 104 cm³/mol. The fourth-order valence-electron chi connectivity index (χ4n) is 4.26. The number of piperidine rings is 1. The Morgan fingerprint density at radius 1 is 1.23 bits per heavy atom. The van der Waals surface area contributed by atoms with E-state index in [0.29, 0.717) is 11.1 Å². The van der Waals surface area contributed by atoms with Gasteiger partial charge in [-0.2, -0.15) is 4.91 Å². The second-order valence-corrected chi connectivity index (χ2v) is 8.36. The van der Waals surface area contributed by atoms with E-state index >= 15 is 0 Å². The van der Waals surface area contributed by atoms with Crippen LogP contribution in [0.3, 0.4) is 0 Å². The first-order valence-electron chi connectivity index (χ1n) is 9.54. The molecule has 0 aromatic carbocycles. The van der Waals surface area contributed by atoms with Crippen molar-refractivity contribution in [3.05, 3.63) is 38.8 Å². The van der Waals surface area contributed by atoms with Crippen molar-refractivity contribution in [3.63, 3.8) is 0 Å². The molecule has 1 unspecified atom stereocenters. The summed E-state index contributed by atoms with van der Waals surface area (Å²) >= 11 is 0. The lowest BCUT2D eigenvalue weighted by atomic mass is 9.92. The summed E-state index contributed by atoms with van der Waals surface area (Å²) in [5.41, 5.74) is 3.64. The number of nitrogens with zero attached hydrogens (tertiary/aromatic N) is 3. The van der Waals surface area contributed by atoms with Gasteiger partial charge < -0.3 is 9.88 Å². The number of H-pyrrole nitrogens is 1. The number of nitroso groups, excluding NO2 is 1. The molecule has 2 aliphatic rings. The fourth-order valence-corrected chi connectivity index (χ4v) is 4.26. The molecule has 3 heterocycles. The number of fused-ring (bicyclic) bond motifs is 1. The molecule has 138 valence electrons. The van der Waals surface area contributed by atoms with Crippen LogP contribution in [-0.4, -0.2) is 23.1 Å². The average Bonchev–Trinajstić information content (AvgIpc) is 3.37. The molecule has 1 aliphatic carbocycles. The zero-order valence-corrected chi connectivity index (χ0v) is 15.7.